The van der Waals surface area contributed by atoms with E-state index in [1.165, 1.54) is 84.0 Å². The molecule has 1 rings (SSSR count). The highest BCUT2D eigenvalue weighted by Gasteiger charge is 2.09. The molecule has 0 radical (unpaired) electrons. The van der Waals surface area contributed by atoms with E-state index in [1.54, 1.807) is 0 Å². The van der Waals surface area contributed by atoms with Crippen LogP contribution < -0.4 is 5.32 Å². The molecule has 108 valence electrons. The van der Waals surface area contributed by atoms with Crippen LogP contribution in [0.25, 0.3) is 0 Å². The van der Waals surface area contributed by atoms with Gasteiger partial charge in [-0.05, 0) is 58.8 Å². The van der Waals surface area contributed by atoms with Crippen molar-refractivity contribution in [1.82, 2.24) is 10.2 Å². The van der Waals surface area contributed by atoms with E-state index in [0.29, 0.717) is 6.04 Å². The predicted molar refractivity (Wildman–Crippen MR) is 81.1 cm³/mol. The zero-order valence-electron chi connectivity index (χ0n) is 12.7. The molecule has 18 heavy (non-hydrogen) atoms. The molecule has 1 unspecified atom stereocenters. The van der Waals surface area contributed by atoms with Crippen molar-refractivity contribution in [2.24, 2.45) is 0 Å². The summed E-state index contributed by atoms with van der Waals surface area (Å²) in [6.45, 7) is 9.80. The molecule has 0 saturated carbocycles. The molecule has 0 aliphatic carbocycles. The molecule has 0 aromatic carbocycles. The lowest BCUT2D eigenvalue weighted by Crippen LogP contribution is -2.34. The number of nitrogens with zero attached hydrogens (tertiary/aromatic N) is 1. The van der Waals surface area contributed by atoms with Crippen molar-refractivity contribution >= 4 is 0 Å². The molecule has 0 aromatic heterocycles. The van der Waals surface area contributed by atoms with Crippen molar-refractivity contribution < 1.29 is 0 Å². The third kappa shape index (κ3) is 8.10. The lowest BCUT2D eigenvalue weighted by Gasteiger charge is -2.26. The maximum Gasteiger partial charge on any atom is 0.00387 e. The number of rotatable bonds is 10. The van der Waals surface area contributed by atoms with E-state index in [-0.39, 0.29) is 0 Å². The van der Waals surface area contributed by atoms with Gasteiger partial charge in [-0.25, -0.2) is 0 Å². The number of hydrogen-bond acceptors (Lipinski definition) is 2. The zero-order valence-corrected chi connectivity index (χ0v) is 12.7. The first kappa shape index (κ1) is 16.0. The fourth-order valence-electron chi connectivity index (χ4n) is 2.81. The van der Waals surface area contributed by atoms with E-state index in [9.17, 15) is 0 Å². The summed E-state index contributed by atoms with van der Waals surface area (Å²) in [6.07, 6.45) is 12.5. The average Bonchev–Trinajstić information content (AvgIpc) is 2.41. The van der Waals surface area contributed by atoms with Gasteiger partial charge in [0.15, 0.2) is 0 Å². The summed E-state index contributed by atoms with van der Waals surface area (Å²) >= 11 is 0. The second-order valence-corrected chi connectivity index (χ2v) is 5.96. The highest BCUT2D eigenvalue weighted by atomic mass is 15.1. The number of nitrogens with one attached hydrogen (secondary N) is 1. The van der Waals surface area contributed by atoms with Crippen molar-refractivity contribution in [3.63, 3.8) is 0 Å². The van der Waals surface area contributed by atoms with Gasteiger partial charge in [-0.1, -0.05) is 39.0 Å². The minimum Gasteiger partial charge on any atom is -0.314 e. The maximum absolute atomic E-state index is 3.67. The summed E-state index contributed by atoms with van der Waals surface area (Å²) < 4.78 is 0. The molecule has 1 fully saturated rings. The Hall–Kier alpha value is -0.0800. The van der Waals surface area contributed by atoms with Crippen LogP contribution in [0.3, 0.4) is 0 Å². The molecule has 1 atom stereocenters. The Morgan fingerprint density at radius 3 is 2.50 bits per heavy atom. The van der Waals surface area contributed by atoms with Crippen molar-refractivity contribution in [2.45, 2.75) is 77.7 Å². The van der Waals surface area contributed by atoms with Crippen molar-refractivity contribution in [2.75, 3.05) is 26.2 Å². The van der Waals surface area contributed by atoms with E-state index in [0.717, 1.165) is 0 Å². The van der Waals surface area contributed by atoms with Crippen LogP contribution in [0.2, 0.25) is 0 Å². The van der Waals surface area contributed by atoms with Crippen LogP contribution in [-0.2, 0) is 0 Å². The van der Waals surface area contributed by atoms with Crippen LogP contribution in [0.5, 0.6) is 0 Å². The van der Waals surface area contributed by atoms with Gasteiger partial charge in [-0.3, -0.25) is 0 Å². The predicted octanol–water partition coefficient (Wildman–Crippen LogP) is 3.81. The van der Waals surface area contributed by atoms with Gasteiger partial charge in [0.05, 0.1) is 0 Å². The van der Waals surface area contributed by atoms with Gasteiger partial charge >= 0.3 is 0 Å². The van der Waals surface area contributed by atoms with E-state index in [1.807, 2.05) is 0 Å². The van der Waals surface area contributed by atoms with Gasteiger partial charge in [0.25, 0.3) is 0 Å². The molecule has 0 aromatic rings. The van der Waals surface area contributed by atoms with Gasteiger partial charge < -0.3 is 10.2 Å². The molecule has 1 aliphatic rings. The lowest BCUT2D eigenvalue weighted by atomic mass is 10.1. The molecular weight excluding hydrogens is 220 g/mol. The Kier molecular flexibility index (Phi) is 9.59. The molecule has 1 heterocycles. The summed E-state index contributed by atoms with van der Waals surface area (Å²) in [5, 5.41) is 3.67. The quantitative estimate of drug-likeness (QED) is 0.596. The summed E-state index contributed by atoms with van der Waals surface area (Å²) in [6, 6.07) is 0.711. The SMILES string of the molecule is CCCCCCC(C)NCCCN1CCCCC1. The van der Waals surface area contributed by atoms with Crippen LogP contribution in [0.15, 0.2) is 0 Å². The third-order valence-electron chi connectivity index (χ3n) is 4.08. The zero-order chi connectivity index (χ0) is 13.1. The standard InChI is InChI=1S/C16H34N2/c1-3-4-5-7-11-16(2)17-12-10-15-18-13-8-6-9-14-18/h16-17H,3-15H2,1-2H3. The fourth-order valence-corrected chi connectivity index (χ4v) is 2.81. The molecule has 1 N–H and O–H groups in total. The van der Waals surface area contributed by atoms with Gasteiger partial charge in [0.1, 0.15) is 0 Å². The molecular formula is C16H34N2. The normalized spacial score (nSPS) is 19.0. The minimum atomic E-state index is 0.711. The summed E-state index contributed by atoms with van der Waals surface area (Å²) in [7, 11) is 0. The molecule has 1 aliphatic heterocycles. The van der Waals surface area contributed by atoms with Crippen LogP contribution in [0.4, 0.5) is 0 Å². The lowest BCUT2D eigenvalue weighted by molar-refractivity contribution is 0.225. The molecule has 2 heteroatoms. The summed E-state index contributed by atoms with van der Waals surface area (Å²) in [5.41, 5.74) is 0. The highest BCUT2D eigenvalue weighted by molar-refractivity contribution is 4.66. The first-order valence-electron chi connectivity index (χ1n) is 8.28. The van der Waals surface area contributed by atoms with Gasteiger partial charge in [0, 0.05) is 6.04 Å². The fraction of sp³-hybridized carbons (Fsp3) is 1.00. The molecule has 0 spiro atoms. The smallest absolute Gasteiger partial charge is 0.00387 e. The van der Waals surface area contributed by atoms with E-state index >= 15 is 0 Å². The molecule has 0 amide bonds. The van der Waals surface area contributed by atoms with Crippen LogP contribution in [0.1, 0.15) is 71.6 Å². The first-order chi connectivity index (χ1) is 8.83. The highest BCUT2D eigenvalue weighted by Crippen LogP contribution is 2.08. The van der Waals surface area contributed by atoms with Crippen LogP contribution in [0, 0.1) is 0 Å². The van der Waals surface area contributed by atoms with Gasteiger partial charge in [0.2, 0.25) is 0 Å². The van der Waals surface area contributed by atoms with Crippen molar-refractivity contribution in [1.29, 1.82) is 0 Å². The van der Waals surface area contributed by atoms with E-state index in [4.69, 9.17) is 0 Å². The number of hydrogen-bond donors (Lipinski definition) is 1. The maximum atomic E-state index is 3.67. The van der Waals surface area contributed by atoms with E-state index in [2.05, 4.69) is 24.1 Å². The monoisotopic (exact) mass is 254 g/mol. The Labute approximate surface area is 115 Å². The van der Waals surface area contributed by atoms with Crippen molar-refractivity contribution in [3.05, 3.63) is 0 Å². The summed E-state index contributed by atoms with van der Waals surface area (Å²) in [5.74, 6) is 0. The average molecular weight is 254 g/mol. The Morgan fingerprint density at radius 1 is 1.00 bits per heavy atom. The van der Waals surface area contributed by atoms with Gasteiger partial charge in [-0.15, -0.1) is 0 Å². The van der Waals surface area contributed by atoms with Crippen LogP contribution >= 0.6 is 0 Å². The minimum absolute atomic E-state index is 0.711. The topological polar surface area (TPSA) is 15.3 Å². The second kappa shape index (κ2) is 10.8. The number of piperidine rings is 1. The number of likely N-dealkylation sites (tertiary alicyclic amines) is 1. The van der Waals surface area contributed by atoms with Crippen LogP contribution in [-0.4, -0.2) is 37.1 Å². The van der Waals surface area contributed by atoms with Crippen molar-refractivity contribution in [3.8, 4) is 0 Å². The second-order valence-electron chi connectivity index (χ2n) is 5.96. The molecule has 0 bridgehead atoms. The first-order valence-corrected chi connectivity index (χ1v) is 8.28. The Morgan fingerprint density at radius 2 is 1.78 bits per heavy atom. The Balaban J connectivity index is 1.86. The van der Waals surface area contributed by atoms with Gasteiger partial charge in [-0.2, -0.15) is 0 Å². The molecule has 2 nitrogen and oxygen atoms in total. The molecule has 1 saturated heterocycles. The number of unbranched alkanes of at least 4 members (excludes halogenated alkanes) is 3. The third-order valence-corrected chi connectivity index (χ3v) is 4.08. The Bertz CT molecular complexity index is 176. The summed E-state index contributed by atoms with van der Waals surface area (Å²) in [4.78, 5) is 2.64. The van der Waals surface area contributed by atoms with E-state index < -0.39 is 0 Å². The largest absolute Gasteiger partial charge is 0.314 e.